The van der Waals surface area contributed by atoms with Gasteiger partial charge >= 0.3 is 0 Å². The first-order chi connectivity index (χ1) is 10.8. The minimum atomic E-state index is 0. The van der Waals surface area contributed by atoms with E-state index in [9.17, 15) is 4.79 Å². The van der Waals surface area contributed by atoms with Crippen LogP contribution in [0.2, 0.25) is 0 Å². The molecular weight excluding hydrogens is 336 g/mol. The van der Waals surface area contributed by atoms with Crippen molar-refractivity contribution in [1.29, 1.82) is 0 Å². The molecule has 1 aliphatic rings. The molecule has 1 aliphatic heterocycles. The second-order valence-electron chi connectivity index (χ2n) is 5.21. The lowest BCUT2D eigenvalue weighted by molar-refractivity contribution is -0.113. The summed E-state index contributed by atoms with van der Waals surface area (Å²) in [6, 6.07) is 7.32. The molecule has 0 aromatic heterocycles. The Labute approximate surface area is 148 Å². The summed E-state index contributed by atoms with van der Waals surface area (Å²) in [4.78, 5) is 11.9. The van der Waals surface area contributed by atoms with Crippen molar-refractivity contribution in [3.63, 3.8) is 0 Å². The predicted molar refractivity (Wildman–Crippen MR) is 97.8 cm³/mol. The molecule has 23 heavy (non-hydrogen) atoms. The Morgan fingerprint density at radius 2 is 2.13 bits per heavy atom. The lowest BCUT2D eigenvalue weighted by atomic mass is 10.1. The zero-order valence-electron chi connectivity index (χ0n) is 13.2. The molecule has 0 radical (unpaired) electrons. The van der Waals surface area contributed by atoms with Gasteiger partial charge in [0.2, 0.25) is 5.91 Å². The van der Waals surface area contributed by atoms with Crippen LogP contribution in [0.5, 0.6) is 5.75 Å². The van der Waals surface area contributed by atoms with Crippen LogP contribution in [0.4, 0.5) is 5.69 Å². The highest BCUT2D eigenvalue weighted by Crippen LogP contribution is 2.18. The molecule has 0 bridgehead atoms. The van der Waals surface area contributed by atoms with Gasteiger partial charge in [-0.25, -0.2) is 0 Å². The van der Waals surface area contributed by atoms with Gasteiger partial charge < -0.3 is 20.5 Å². The number of carbonyl (C=O) groups excluding carboxylic acids is 1. The van der Waals surface area contributed by atoms with Crippen molar-refractivity contribution in [3.8, 4) is 5.75 Å². The molecule has 3 N–H and O–H groups in total. The quantitative estimate of drug-likeness (QED) is 0.745. The fraction of sp³-hybridized carbons (Fsp3) is 0.562. The molecule has 2 rings (SSSR count). The molecule has 130 valence electrons. The van der Waals surface area contributed by atoms with E-state index in [1.54, 1.807) is 11.8 Å². The molecule has 5 nitrogen and oxygen atoms in total. The number of nitrogens with two attached hydrogens (primary N) is 1. The second kappa shape index (κ2) is 11.6. The van der Waals surface area contributed by atoms with E-state index in [1.807, 2.05) is 24.3 Å². The Morgan fingerprint density at radius 3 is 2.78 bits per heavy atom. The average molecular weight is 361 g/mol. The lowest BCUT2D eigenvalue weighted by Crippen LogP contribution is -2.22. The van der Waals surface area contributed by atoms with Gasteiger partial charge in [-0.2, -0.15) is 0 Å². The molecule has 7 heteroatoms. The summed E-state index contributed by atoms with van der Waals surface area (Å²) in [5.41, 5.74) is 6.16. The number of nitrogens with one attached hydrogen (secondary N) is 1. The van der Waals surface area contributed by atoms with Gasteiger partial charge in [0.1, 0.15) is 12.4 Å². The summed E-state index contributed by atoms with van der Waals surface area (Å²) in [6.45, 7) is 1.84. The maximum Gasteiger partial charge on any atom is 0.234 e. The van der Waals surface area contributed by atoms with E-state index >= 15 is 0 Å². The van der Waals surface area contributed by atoms with Crippen LogP contribution in [0.3, 0.4) is 0 Å². The third-order valence-corrected chi connectivity index (χ3v) is 4.41. The van der Waals surface area contributed by atoms with E-state index in [-0.39, 0.29) is 18.3 Å². The summed E-state index contributed by atoms with van der Waals surface area (Å²) >= 11 is 1.63. The largest absolute Gasteiger partial charge is 0.492 e. The van der Waals surface area contributed by atoms with Crippen molar-refractivity contribution < 1.29 is 14.3 Å². The Hall–Kier alpha value is -0.950. The fourth-order valence-electron chi connectivity index (χ4n) is 2.23. The van der Waals surface area contributed by atoms with Gasteiger partial charge in [-0.15, -0.1) is 24.2 Å². The number of benzene rings is 1. The molecule has 1 unspecified atom stereocenters. The topological polar surface area (TPSA) is 73.6 Å². The average Bonchev–Trinajstić information content (AvgIpc) is 2.55. The van der Waals surface area contributed by atoms with Crippen LogP contribution in [0.15, 0.2) is 24.3 Å². The molecule has 1 heterocycles. The molecule has 1 aromatic carbocycles. The van der Waals surface area contributed by atoms with Crippen LogP contribution in [-0.4, -0.2) is 43.3 Å². The maximum absolute atomic E-state index is 11.9. The highest BCUT2D eigenvalue weighted by atomic mass is 35.5. The number of halogens is 1. The summed E-state index contributed by atoms with van der Waals surface area (Å²) in [5, 5.41) is 2.88. The lowest BCUT2D eigenvalue weighted by Gasteiger charge is -2.21. The van der Waals surface area contributed by atoms with Crippen molar-refractivity contribution in [2.24, 2.45) is 5.73 Å². The number of thioether (sulfide) groups is 1. The standard InChI is InChI=1S/C16H24N2O3S.ClH/c17-8-10-21-14-6-4-13(5-7-14)18-16(19)12-22-11-15-3-1-2-9-20-15;/h4-7,15H,1-3,8-12,17H2,(H,18,19);1H. The van der Waals surface area contributed by atoms with E-state index in [4.69, 9.17) is 15.2 Å². The molecule has 1 aromatic rings. The minimum absolute atomic E-state index is 0. The van der Waals surface area contributed by atoms with Crippen molar-refractivity contribution >= 4 is 35.8 Å². The molecule has 1 atom stereocenters. The fourth-order valence-corrected chi connectivity index (χ4v) is 3.13. The molecule has 1 saturated heterocycles. The van der Waals surface area contributed by atoms with Crippen LogP contribution in [-0.2, 0) is 9.53 Å². The van der Waals surface area contributed by atoms with Crippen LogP contribution < -0.4 is 15.8 Å². The van der Waals surface area contributed by atoms with Crippen molar-refractivity contribution in [3.05, 3.63) is 24.3 Å². The third-order valence-electron chi connectivity index (χ3n) is 3.34. The zero-order valence-corrected chi connectivity index (χ0v) is 14.8. The molecule has 1 amide bonds. The number of rotatable bonds is 8. The van der Waals surface area contributed by atoms with E-state index in [1.165, 1.54) is 6.42 Å². The van der Waals surface area contributed by atoms with E-state index in [2.05, 4.69) is 5.32 Å². The number of hydrogen-bond donors (Lipinski definition) is 2. The number of ether oxygens (including phenoxy) is 2. The van der Waals surface area contributed by atoms with Crippen LogP contribution in [0, 0.1) is 0 Å². The summed E-state index contributed by atoms with van der Waals surface area (Å²) in [6.07, 6.45) is 3.81. The van der Waals surface area contributed by atoms with Crippen LogP contribution in [0.25, 0.3) is 0 Å². The Bertz CT molecular complexity index is 453. The van der Waals surface area contributed by atoms with E-state index < -0.39 is 0 Å². The first-order valence-electron chi connectivity index (χ1n) is 7.70. The Morgan fingerprint density at radius 1 is 1.35 bits per heavy atom. The molecule has 1 fully saturated rings. The van der Waals surface area contributed by atoms with Crippen LogP contribution >= 0.6 is 24.2 Å². The highest BCUT2D eigenvalue weighted by molar-refractivity contribution is 8.00. The minimum Gasteiger partial charge on any atom is -0.492 e. The van der Waals surface area contributed by atoms with E-state index in [0.29, 0.717) is 25.0 Å². The summed E-state index contributed by atoms with van der Waals surface area (Å²) < 4.78 is 11.0. The third kappa shape index (κ3) is 7.92. The molecule has 0 spiro atoms. The number of hydrogen-bond acceptors (Lipinski definition) is 5. The van der Waals surface area contributed by atoms with Crippen molar-refractivity contribution in [2.75, 3.05) is 36.6 Å². The van der Waals surface area contributed by atoms with Gasteiger partial charge in [0.25, 0.3) is 0 Å². The number of anilines is 1. The first kappa shape index (κ1) is 20.1. The summed E-state index contributed by atoms with van der Waals surface area (Å²) in [7, 11) is 0. The van der Waals surface area contributed by atoms with Crippen LogP contribution in [0.1, 0.15) is 19.3 Å². The monoisotopic (exact) mass is 360 g/mol. The normalized spacial score (nSPS) is 17.2. The molecule has 0 saturated carbocycles. The number of carbonyl (C=O) groups is 1. The predicted octanol–water partition coefficient (Wildman–Crippen LogP) is 2.69. The van der Waals surface area contributed by atoms with Gasteiger partial charge in [0.05, 0.1) is 11.9 Å². The Balaban J connectivity index is 0.00000264. The SMILES string of the molecule is Cl.NCCOc1ccc(NC(=O)CSCC2CCCCO2)cc1. The summed E-state index contributed by atoms with van der Waals surface area (Å²) in [5.74, 6) is 2.11. The van der Waals surface area contributed by atoms with Gasteiger partial charge in [-0.3, -0.25) is 4.79 Å². The molecule has 0 aliphatic carbocycles. The molecular formula is C16H25ClN2O3S. The Kier molecular flexibility index (Phi) is 10.1. The number of amides is 1. The van der Waals surface area contributed by atoms with Gasteiger partial charge in [-0.05, 0) is 43.5 Å². The van der Waals surface area contributed by atoms with Crippen molar-refractivity contribution in [1.82, 2.24) is 0 Å². The van der Waals surface area contributed by atoms with Gasteiger partial charge in [0.15, 0.2) is 0 Å². The first-order valence-corrected chi connectivity index (χ1v) is 8.85. The maximum atomic E-state index is 11.9. The van der Waals surface area contributed by atoms with Crippen molar-refractivity contribution in [2.45, 2.75) is 25.4 Å². The van der Waals surface area contributed by atoms with Gasteiger partial charge in [0, 0.05) is 24.6 Å². The smallest absolute Gasteiger partial charge is 0.234 e. The highest BCUT2D eigenvalue weighted by Gasteiger charge is 2.14. The van der Waals surface area contributed by atoms with Gasteiger partial charge in [-0.1, -0.05) is 0 Å². The van der Waals surface area contributed by atoms with E-state index in [0.717, 1.165) is 36.6 Å². The second-order valence-corrected chi connectivity index (χ2v) is 6.24. The zero-order chi connectivity index (χ0) is 15.6.